The molecular formula is C11H18N2OS. The van der Waals surface area contributed by atoms with E-state index in [0.29, 0.717) is 5.92 Å². The quantitative estimate of drug-likeness (QED) is 0.848. The number of likely N-dealkylation sites (tertiary alicyclic amines) is 1. The van der Waals surface area contributed by atoms with Crippen LogP contribution in [0.25, 0.3) is 0 Å². The number of hydrogen-bond acceptors (Lipinski definition) is 4. The molecule has 0 spiro atoms. The molecule has 0 unspecified atom stereocenters. The fourth-order valence-electron chi connectivity index (χ4n) is 1.99. The van der Waals surface area contributed by atoms with Crippen LogP contribution in [-0.2, 0) is 6.42 Å². The van der Waals surface area contributed by atoms with Crippen molar-refractivity contribution in [2.24, 2.45) is 0 Å². The lowest BCUT2D eigenvalue weighted by atomic mass is 9.98. The molecule has 1 saturated heterocycles. The highest BCUT2D eigenvalue weighted by Crippen LogP contribution is 2.30. The second kappa shape index (κ2) is 5.05. The van der Waals surface area contributed by atoms with Gasteiger partial charge in [0.15, 0.2) is 0 Å². The molecule has 84 valence electrons. The highest BCUT2D eigenvalue weighted by Gasteiger charge is 2.20. The van der Waals surface area contributed by atoms with Gasteiger partial charge in [0.25, 0.3) is 0 Å². The summed E-state index contributed by atoms with van der Waals surface area (Å²) in [4.78, 5) is 8.06. The zero-order chi connectivity index (χ0) is 10.7. The number of aliphatic hydroxyl groups is 1. The van der Waals surface area contributed by atoms with Crippen molar-refractivity contribution in [1.82, 2.24) is 9.88 Å². The zero-order valence-corrected chi connectivity index (χ0v) is 9.96. The summed E-state index contributed by atoms with van der Waals surface area (Å²) in [5.74, 6) is 0.652. The number of thiazole rings is 1. The van der Waals surface area contributed by atoms with Gasteiger partial charge in [-0.2, -0.15) is 0 Å². The Morgan fingerprint density at radius 2 is 2.27 bits per heavy atom. The van der Waals surface area contributed by atoms with E-state index in [2.05, 4.69) is 16.9 Å². The first-order valence-electron chi connectivity index (χ1n) is 5.53. The van der Waals surface area contributed by atoms with Gasteiger partial charge >= 0.3 is 0 Å². The maximum atomic E-state index is 8.85. The van der Waals surface area contributed by atoms with E-state index >= 15 is 0 Å². The zero-order valence-electron chi connectivity index (χ0n) is 9.15. The molecule has 0 atom stereocenters. The van der Waals surface area contributed by atoms with Crippen LogP contribution in [0.15, 0.2) is 6.20 Å². The molecule has 2 heterocycles. The van der Waals surface area contributed by atoms with Crippen LogP contribution in [0, 0.1) is 0 Å². The average Bonchev–Trinajstić information content (AvgIpc) is 2.68. The Balaban J connectivity index is 1.96. The lowest BCUT2D eigenvalue weighted by Gasteiger charge is -2.27. The average molecular weight is 226 g/mol. The highest BCUT2D eigenvalue weighted by atomic mass is 32.1. The van der Waals surface area contributed by atoms with E-state index in [-0.39, 0.29) is 6.61 Å². The van der Waals surface area contributed by atoms with Gasteiger partial charge in [0.2, 0.25) is 0 Å². The molecule has 2 rings (SSSR count). The molecule has 0 saturated carbocycles. The Morgan fingerprint density at radius 3 is 2.93 bits per heavy atom. The molecular weight excluding hydrogens is 208 g/mol. The van der Waals surface area contributed by atoms with Gasteiger partial charge in [-0.05, 0) is 33.0 Å². The second-order valence-corrected chi connectivity index (χ2v) is 5.36. The molecule has 1 aliphatic rings. The maximum Gasteiger partial charge on any atom is 0.0959 e. The van der Waals surface area contributed by atoms with Crippen LogP contribution < -0.4 is 0 Å². The lowest BCUT2D eigenvalue weighted by molar-refractivity contribution is 0.255. The van der Waals surface area contributed by atoms with Crippen LogP contribution in [0.1, 0.15) is 28.6 Å². The van der Waals surface area contributed by atoms with Crippen molar-refractivity contribution >= 4 is 11.3 Å². The van der Waals surface area contributed by atoms with Crippen LogP contribution in [0.5, 0.6) is 0 Å². The monoisotopic (exact) mass is 226 g/mol. The first-order chi connectivity index (χ1) is 7.29. The minimum Gasteiger partial charge on any atom is -0.396 e. The first-order valence-corrected chi connectivity index (χ1v) is 6.35. The molecule has 0 aliphatic carbocycles. The normalized spacial score (nSPS) is 19.6. The molecule has 4 heteroatoms. The van der Waals surface area contributed by atoms with Crippen LogP contribution >= 0.6 is 11.3 Å². The Labute approximate surface area is 94.8 Å². The molecule has 0 amide bonds. The third kappa shape index (κ3) is 2.77. The molecule has 0 radical (unpaired) electrons. The number of hydrogen-bond donors (Lipinski definition) is 1. The van der Waals surface area contributed by atoms with Crippen molar-refractivity contribution in [1.29, 1.82) is 0 Å². The number of nitrogens with zero attached hydrogens (tertiary/aromatic N) is 2. The number of aliphatic hydroxyl groups excluding tert-OH is 1. The molecule has 15 heavy (non-hydrogen) atoms. The van der Waals surface area contributed by atoms with Gasteiger partial charge in [-0.15, -0.1) is 11.3 Å². The van der Waals surface area contributed by atoms with Crippen molar-refractivity contribution in [2.45, 2.75) is 25.2 Å². The summed E-state index contributed by atoms with van der Waals surface area (Å²) < 4.78 is 0. The molecule has 1 N–H and O–H groups in total. The lowest BCUT2D eigenvalue weighted by Crippen LogP contribution is -2.29. The third-order valence-electron chi connectivity index (χ3n) is 3.00. The van der Waals surface area contributed by atoms with Gasteiger partial charge in [-0.3, -0.25) is 0 Å². The van der Waals surface area contributed by atoms with E-state index in [1.165, 1.54) is 35.8 Å². The van der Waals surface area contributed by atoms with Gasteiger partial charge in [-0.1, -0.05) is 0 Å². The van der Waals surface area contributed by atoms with Crippen LogP contribution in [0.2, 0.25) is 0 Å². The first kappa shape index (κ1) is 11.0. The molecule has 1 aromatic heterocycles. The van der Waals surface area contributed by atoms with E-state index < -0.39 is 0 Å². The van der Waals surface area contributed by atoms with E-state index in [9.17, 15) is 0 Å². The highest BCUT2D eigenvalue weighted by molar-refractivity contribution is 7.11. The number of aromatic nitrogens is 1. The third-order valence-corrected chi connectivity index (χ3v) is 4.22. The summed E-state index contributed by atoms with van der Waals surface area (Å²) in [6, 6.07) is 0. The SMILES string of the molecule is CN1CCC(c2ncc(CCO)s2)CC1. The van der Waals surface area contributed by atoms with Crippen LogP contribution in [0.4, 0.5) is 0 Å². The molecule has 1 aliphatic heterocycles. The smallest absolute Gasteiger partial charge is 0.0959 e. The predicted molar refractivity (Wildman–Crippen MR) is 62.4 cm³/mol. The molecule has 1 fully saturated rings. The van der Waals surface area contributed by atoms with Crippen molar-refractivity contribution in [2.75, 3.05) is 26.7 Å². The van der Waals surface area contributed by atoms with Gasteiger partial charge < -0.3 is 10.0 Å². The fraction of sp³-hybridized carbons (Fsp3) is 0.727. The molecule has 0 bridgehead atoms. The van der Waals surface area contributed by atoms with E-state index in [0.717, 1.165) is 6.42 Å². The Hall–Kier alpha value is -0.450. The largest absolute Gasteiger partial charge is 0.396 e. The summed E-state index contributed by atoms with van der Waals surface area (Å²) in [6.45, 7) is 2.59. The topological polar surface area (TPSA) is 36.4 Å². The van der Waals surface area contributed by atoms with E-state index in [4.69, 9.17) is 5.11 Å². The minimum atomic E-state index is 0.231. The summed E-state index contributed by atoms with van der Waals surface area (Å²) in [5.41, 5.74) is 0. The number of rotatable bonds is 3. The summed E-state index contributed by atoms with van der Waals surface area (Å²) in [7, 11) is 2.18. The van der Waals surface area contributed by atoms with Gasteiger partial charge in [0.05, 0.1) is 5.01 Å². The van der Waals surface area contributed by atoms with E-state index in [1.54, 1.807) is 11.3 Å². The summed E-state index contributed by atoms with van der Waals surface area (Å²) >= 11 is 1.78. The fourth-order valence-corrected chi connectivity index (χ4v) is 3.07. The standard InChI is InChI=1S/C11H18N2OS/c1-13-5-2-9(3-6-13)11-12-8-10(15-11)4-7-14/h8-9,14H,2-7H2,1H3. The Morgan fingerprint density at radius 1 is 1.53 bits per heavy atom. The van der Waals surface area contributed by atoms with Gasteiger partial charge in [0, 0.05) is 30.0 Å². The minimum absolute atomic E-state index is 0.231. The predicted octanol–water partition coefficient (Wildman–Crippen LogP) is 1.49. The summed E-state index contributed by atoms with van der Waals surface area (Å²) in [6.07, 6.45) is 5.13. The maximum absolute atomic E-state index is 8.85. The van der Waals surface area contributed by atoms with Crippen molar-refractivity contribution in [3.8, 4) is 0 Å². The summed E-state index contributed by atoms with van der Waals surface area (Å²) in [5, 5.41) is 10.1. The van der Waals surface area contributed by atoms with E-state index in [1.807, 2.05) is 6.20 Å². The molecule has 3 nitrogen and oxygen atoms in total. The Kier molecular flexibility index (Phi) is 3.72. The van der Waals surface area contributed by atoms with Crippen LogP contribution in [-0.4, -0.2) is 41.7 Å². The number of piperidine rings is 1. The van der Waals surface area contributed by atoms with Crippen molar-refractivity contribution in [3.63, 3.8) is 0 Å². The van der Waals surface area contributed by atoms with Crippen molar-refractivity contribution in [3.05, 3.63) is 16.1 Å². The van der Waals surface area contributed by atoms with Crippen LogP contribution in [0.3, 0.4) is 0 Å². The molecule has 0 aromatic carbocycles. The second-order valence-electron chi connectivity index (χ2n) is 4.22. The van der Waals surface area contributed by atoms with Crippen molar-refractivity contribution < 1.29 is 5.11 Å². The van der Waals surface area contributed by atoms with Gasteiger partial charge in [0.1, 0.15) is 0 Å². The van der Waals surface area contributed by atoms with Gasteiger partial charge in [-0.25, -0.2) is 4.98 Å². The Bertz CT molecular complexity index is 305. The molecule has 1 aromatic rings.